The van der Waals surface area contributed by atoms with Gasteiger partial charge in [-0.25, -0.2) is 4.79 Å². The molecule has 1 fully saturated rings. The van der Waals surface area contributed by atoms with E-state index in [1.54, 1.807) is 24.3 Å². The lowest BCUT2D eigenvalue weighted by Crippen LogP contribution is -2.70. The van der Waals surface area contributed by atoms with Crippen molar-refractivity contribution in [3.05, 3.63) is 41.1 Å². The summed E-state index contributed by atoms with van der Waals surface area (Å²) in [5.41, 5.74) is 7.12. The van der Waals surface area contributed by atoms with Crippen LogP contribution in [-0.4, -0.2) is 68.5 Å². The van der Waals surface area contributed by atoms with E-state index in [1.807, 2.05) is 0 Å². The van der Waals surface area contributed by atoms with Gasteiger partial charge in [-0.1, -0.05) is 18.2 Å². The number of carbonyl (C=O) groups is 4. The Bertz CT molecular complexity index is 888. The van der Waals surface area contributed by atoms with Crippen molar-refractivity contribution >= 4 is 41.2 Å². The number of thioether (sulfide) groups is 1. The first-order chi connectivity index (χ1) is 13.3. The van der Waals surface area contributed by atoms with Crippen molar-refractivity contribution in [2.45, 2.75) is 24.8 Å². The minimum atomic E-state index is -1.28. The van der Waals surface area contributed by atoms with Crippen LogP contribution in [0.4, 0.5) is 5.69 Å². The summed E-state index contributed by atoms with van der Waals surface area (Å²) in [5, 5.41) is 11.6. The van der Waals surface area contributed by atoms with Gasteiger partial charge in [0, 0.05) is 23.9 Å². The first kappa shape index (κ1) is 24.9. The molecule has 1 saturated heterocycles. The lowest BCUT2D eigenvalue weighted by atomic mass is 10.0. The number of nitrogens with one attached hydrogen (secondary N) is 1. The third-order valence-corrected chi connectivity index (χ3v) is 5.76. The fourth-order valence-electron chi connectivity index (χ4n) is 3.08. The number of esters is 1. The van der Waals surface area contributed by atoms with Gasteiger partial charge in [-0.3, -0.25) is 19.3 Å². The molecule has 0 aromatic heterocycles. The second-order valence-corrected chi connectivity index (χ2v) is 7.47. The number of para-hydroxylation sites is 1. The van der Waals surface area contributed by atoms with Crippen molar-refractivity contribution in [1.82, 2.24) is 10.2 Å². The first-order valence-corrected chi connectivity index (χ1v) is 9.50. The molecular formula is C18H23N3O8S. The van der Waals surface area contributed by atoms with E-state index in [0.717, 1.165) is 4.90 Å². The summed E-state index contributed by atoms with van der Waals surface area (Å²) in [6.07, 6.45) is 0.0210. The summed E-state index contributed by atoms with van der Waals surface area (Å²) in [6, 6.07) is 6.12. The summed E-state index contributed by atoms with van der Waals surface area (Å²) in [7, 11) is 0. The number of nitrogens with two attached hydrogens (primary N) is 1. The maximum atomic E-state index is 12.5. The molecule has 0 bridgehead atoms. The summed E-state index contributed by atoms with van der Waals surface area (Å²) in [5.74, 6) is -2.42. The van der Waals surface area contributed by atoms with Gasteiger partial charge >= 0.3 is 11.9 Å². The second-order valence-electron chi connectivity index (χ2n) is 6.37. The molecule has 2 aliphatic rings. The topological polar surface area (TPSA) is 202 Å². The molecule has 2 aliphatic heterocycles. The molecule has 12 heteroatoms. The summed E-state index contributed by atoms with van der Waals surface area (Å²) in [4.78, 5) is 48.6. The lowest BCUT2D eigenvalue weighted by molar-refractivity contribution is -0.151. The highest BCUT2D eigenvalue weighted by atomic mass is 32.2. The molecule has 1 aromatic rings. The number of carboxylic acid groups (broad SMARTS) is 1. The van der Waals surface area contributed by atoms with Gasteiger partial charge in [0.15, 0.2) is 0 Å². The molecule has 0 radical (unpaired) electrons. The van der Waals surface area contributed by atoms with E-state index in [1.165, 1.54) is 18.7 Å². The average Bonchev–Trinajstić information content (AvgIpc) is 2.65. The number of fused-ring (bicyclic) bond motifs is 1. The van der Waals surface area contributed by atoms with Gasteiger partial charge in [0.2, 0.25) is 5.91 Å². The molecule has 1 unspecified atom stereocenters. The Hall–Kier alpha value is -3.09. The van der Waals surface area contributed by atoms with Crippen LogP contribution in [0.3, 0.4) is 0 Å². The molecule has 3 rings (SSSR count). The Morgan fingerprint density at radius 3 is 2.57 bits per heavy atom. The maximum absolute atomic E-state index is 12.5. The van der Waals surface area contributed by atoms with Crippen LogP contribution in [0.5, 0.6) is 0 Å². The van der Waals surface area contributed by atoms with Crippen LogP contribution >= 0.6 is 11.8 Å². The van der Waals surface area contributed by atoms with Gasteiger partial charge in [0.25, 0.3) is 5.91 Å². The predicted molar refractivity (Wildman–Crippen MR) is 108 cm³/mol. The molecule has 0 spiro atoms. The highest BCUT2D eigenvalue weighted by Gasteiger charge is 2.54. The third kappa shape index (κ3) is 4.90. The standard InChI is InChI=1S/C18H19N3O6S.2H2O/c1-9(22)27-7-11-8-28-17-14(16(24)21(17)15(11)18(25)26)20-13(23)6-10-4-2-3-5-12(10)19;;/h2-5,14,17H,6-8,19H2,1H3,(H,20,23)(H,25,26);2*1H2/t14?,17-;;/m1../s1. The molecule has 2 amide bonds. The van der Waals surface area contributed by atoms with E-state index in [2.05, 4.69) is 5.32 Å². The molecule has 0 aliphatic carbocycles. The molecule has 8 N–H and O–H groups in total. The van der Waals surface area contributed by atoms with Crippen molar-refractivity contribution in [1.29, 1.82) is 0 Å². The quantitative estimate of drug-likeness (QED) is 0.268. The van der Waals surface area contributed by atoms with Crippen molar-refractivity contribution in [3.8, 4) is 0 Å². The first-order valence-electron chi connectivity index (χ1n) is 8.45. The minimum absolute atomic E-state index is 0. The number of nitrogen functional groups attached to an aromatic ring is 1. The number of ether oxygens (including phenoxy) is 1. The molecule has 11 nitrogen and oxygen atoms in total. The second kappa shape index (κ2) is 10.1. The average molecular weight is 441 g/mol. The van der Waals surface area contributed by atoms with Gasteiger partial charge in [-0.2, -0.15) is 0 Å². The monoisotopic (exact) mass is 441 g/mol. The zero-order valence-corrected chi connectivity index (χ0v) is 16.8. The zero-order valence-electron chi connectivity index (χ0n) is 16.0. The number of nitrogens with zero attached hydrogens (tertiary/aromatic N) is 1. The molecular weight excluding hydrogens is 418 g/mol. The van der Waals surface area contributed by atoms with Crippen LogP contribution in [0.15, 0.2) is 35.5 Å². The van der Waals surface area contributed by atoms with E-state index >= 15 is 0 Å². The van der Waals surface area contributed by atoms with Crippen LogP contribution in [0, 0.1) is 0 Å². The van der Waals surface area contributed by atoms with Crippen LogP contribution in [0.1, 0.15) is 12.5 Å². The fourth-order valence-corrected chi connectivity index (χ4v) is 4.40. The van der Waals surface area contributed by atoms with Crippen molar-refractivity contribution in [2.75, 3.05) is 18.1 Å². The zero-order chi connectivity index (χ0) is 20.4. The normalized spacial score (nSPS) is 19.5. The Morgan fingerprint density at radius 1 is 1.30 bits per heavy atom. The SMILES string of the molecule is CC(=O)OCC1=C(C(=O)O)N2C(=O)C(NC(=O)Cc3ccccc3N)[C@H]2SC1.O.O. The van der Waals surface area contributed by atoms with Crippen molar-refractivity contribution < 1.29 is 40.0 Å². The van der Waals surface area contributed by atoms with Crippen molar-refractivity contribution in [2.24, 2.45) is 0 Å². The number of hydrogen-bond acceptors (Lipinski definition) is 7. The van der Waals surface area contributed by atoms with E-state index < -0.39 is 29.3 Å². The van der Waals surface area contributed by atoms with Gasteiger partial charge in [0.05, 0.1) is 6.42 Å². The molecule has 2 atom stereocenters. The number of carbonyl (C=O) groups excluding carboxylic acids is 3. The predicted octanol–water partition coefficient (Wildman–Crippen LogP) is -1.54. The number of amides is 2. The Morgan fingerprint density at radius 2 is 1.97 bits per heavy atom. The highest BCUT2D eigenvalue weighted by molar-refractivity contribution is 8.00. The van der Waals surface area contributed by atoms with Crippen LogP contribution in [0.2, 0.25) is 0 Å². The molecule has 2 heterocycles. The van der Waals surface area contributed by atoms with Crippen LogP contribution < -0.4 is 11.1 Å². The summed E-state index contributed by atoms with van der Waals surface area (Å²) < 4.78 is 4.88. The number of hydrogen-bond donors (Lipinski definition) is 3. The number of β-lactam (4-membered cyclic amide) rings is 1. The molecule has 0 saturated carbocycles. The molecule has 164 valence electrons. The molecule has 30 heavy (non-hydrogen) atoms. The fraction of sp³-hybridized carbons (Fsp3) is 0.333. The summed E-state index contributed by atoms with van der Waals surface area (Å²) >= 11 is 1.31. The minimum Gasteiger partial charge on any atom is -0.477 e. The number of rotatable bonds is 6. The van der Waals surface area contributed by atoms with E-state index in [0.29, 0.717) is 16.8 Å². The highest BCUT2D eigenvalue weighted by Crippen LogP contribution is 2.40. The van der Waals surface area contributed by atoms with Crippen LogP contribution in [-0.2, 0) is 30.3 Å². The van der Waals surface area contributed by atoms with E-state index in [4.69, 9.17) is 10.5 Å². The van der Waals surface area contributed by atoms with Crippen molar-refractivity contribution in [3.63, 3.8) is 0 Å². The van der Waals surface area contributed by atoms with E-state index in [9.17, 15) is 24.3 Å². The van der Waals surface area contributed by atoms with Crippen LogP contribution in [0.25, 0.3) is 0 Å². The number of anilines is 1. The Labute approximate surface area is 175 Å². The third-order valence-electron chi connectivity index (χ3n) is 4.42. The van der Waals surface area contributed by atoms with Gasteiger partial charge in [0.1, 0.15) is 23.7 Å². The van der Waals surface area contributed by atoms with Gasteiger partial charge in [-0.15, -0.1) is 11.8 Å². The maximum Gasteiger partial charge on any atom is 0.352 e. The number of carboxylic acids is 1. The largest absolute Gasteiger partial charge is 0.477 e. The smallest absolute Gasteiger partial charge is 0.352 e. The molecule has 1 aromatic carbocycles. The number of benzene rings is 1. The summed E-state index contributed by atoms with van der Waals surface area (Å²) in [6.45, 7) is 1.03. The van der Waals surface area contributed by atoms with Gasteiger partial charge < -0.3 is 31.8 Å². The lowest BCUT2D eigenvalue weighted by Gasteiger charge is -2.49. The Kier molecular flexibility index (Phi) is 8.39. The Balaban J connectivity index is 0.00000225. The van der Waals surface area contributed by atoms with E-state index in [-0.39, 0.29) is 41.3 Å². The number of aliphatic carboxylic acids is 1. The van der Waals surface area contributed by atoms with Gasteiger partial charge in [-0.05, 0) is 11.6 Å².